The SMILES string of the molecule is COC(=O)NC(C(=O)N1CCCC1c1nc2ccc(-c3ccc(-c4ccc5nc(C6CCCN6C(=O)[C@@H](NC(=O)OC)C(C)C)[nH]c5c4)nc3)cc2[nH]1)C(C)C. The number of amides is 4. The first kappa shape index (κ1) is 38.3. The summed E-state index contributed by atoms with van der Waals surface area (Å²) in [7, 11) is 2.57. The molecule has 2 fully saturated rings. The van der Waals surface area contributed by atoms with Gasteiger partial charge in [0.25, 0.3) is 0 Å². The number of carbonyl (C=O) groups excluding carboxylic acids is 4. The summed E-state index contributed by atoms with van der Waals surface area (Å²) >= 11 is 0. The van der Waals surface area contributed by atoms with Crippen molar-refractivity contribution in [3.05, 3.63) is 66.4 Å². The zero-order valence-electron chi connectivity index (χ0n) is 32.6. The number of benzene rings is 2. The number of alkyl carbamates (subject to hydrolysis) is 2. The highest BCUT2D eigenvalue weighted by molar-refractivity contribution is 5.88. The second-order valence-electron chi connectivity index (χ2n) is 15.2. The average molecular weight is 764 g/mol. The van der Waals surface area contributed by atoms with Gasteiger partial charge in [-0.1, -0.05) is 45.9 Å². The molecule has 2 saturated heterocycles. The van der Waals surface area contributed by atoms with E-state index in [0.29, 0.717) is 18.9 Å². The summed E-state index contributed by atoms with van der Waals surface area (Å²) in [5.74, 6) is 0.909. The van der Waals surface area contributed by atoms with Crippen molar-refractivity contribution < 1.29 is 28.7 Å². The number of fused-ring (bicyclic) bond motifs is 2. The first-order valence-electron chi connectivity index (χ1n) is 19.2. The van der Waals surface area contributed by atoms with Crippen LogP contribution < -0.4 is 10.6 Å². The smallest absolute Gasteiger partial charge is 0.407 e. The lowest BCUT2D eigenvalue weighted by molar-refractivity contribution is -0.136. The standard InChI is InChI=1S/C41H49N9O6/c1-22(2)34(47-40(53)55-5)38(51)49-17-7-9-32(49)36-43-28-15-11-24(19-30(28)45-36)26-13-14-27(42-21-26)25-12-16-29-31(20-25)46-37(44-29)33-10-8-18-50(33)39(52)35(23(3)4)48-41(54)56-6/h11-16,19-23,32-35H,7-10,17-18H2,1-6H3,(H,43,45)(H,44,46)(H,47,53)(H,48,54)/t32?,33?,34?,35-/m0/s1. The van der Waals surface area contributed by atoms with Crippen LogP contribution in [0.2, 0.25) is 0 Å². The normalized spacial score (nSPS) is 18.1. The lowest BCUT2D eigenvalue weighted by Crippen LogP contribution is -2.51. The van der Waals surface area contributed by atoms with Gasteiger partial charge in [-0.3, -0.25) is 14.6 Å². The number of H-pyrrole nitrogens is 2. The van der Waals surface area contributed by atoms with Crippen molar-refractivity contribution in [2.24, 2.45) is 11.8 Å². The minimum atomic E-state index is -0.700. The molecule has 4 amide bonds. The Hall–Kier alpha value is -5.99. The van der Waals surface area contributed by atoms with Crippen LogP contribution in [0.3, 0.4) is 0 Å². The van der Waals surface area contributed by atoms with Crippen molar-refractivity contribution in [1.82, 2.24) is 45.4 Å². The molecule has 5 heterocycles. The first-order valence-corrected chi connectivity index (χ1v) is 19.2. The molecular formula is C41H49N9O6. The molecule has 4 atom stereocenters. The van der Waals surface area contributed by atoms with Gasteiger partial charge in [0, 0.05) is 30.4 Å². The Morgan fingerprint density at radius 3 is 1.59 bits per heavy atom. The second kappa shape index (κ2) is 16.0. The number of pyridine rings is 1. The van der Waals surface area contributed by atoms with E-state index < -0.39 is 24.3 Å². The van der Waals surface area contributed by atoms with Crippen molar-refractivity contribution in [2.75, 3.05) is 27.3 Å². The van der Waals surface area contributed by atoms with Crippen LogP contribution in [-0.2, 0) is 19.1 Å². The van der Waals surface area contributed by atoms with Crippen LogP contribution in [0.15, 0.2) is 54.7 Å². The van der Waals surface area contributed by atoms with Gasteiger partial charge in [-0.05, 0) is 73.4 Å². The minimum absolute atomic E-state index is 0.114. The molecule has 3 unspecified atom stereocenters. The number of carbonyl (C=O) groups is 4. The van der Waals surface area contributed by atoms with E-state index in [0.717, 1.165) is 76.0 Å². The number of aromatic nitrogens is 5. The summed E-state index contributed by atoms with van der Waals surface area (Å²) in [6, 6.07) is 14.2. The van der Waals surface area contributed by atoms with Crippen molar-refractivity contribution in [3.8, 4) is 22.4 Å². The number of nitrogens with one attached hydrogen (secondary N) is 4. The molecule has 5 aromatic rings. The Balaban J connectivity index is 1.06. The molecule has 56 heavy (non-hydrogen) atoms. The predicted octanol–water partition coefficient (Wildman–Crippen LogP) is 6.26. The van der Waals surface area contributed by atoms with Gasteiger partial charge in [0.2, 0.25) is 11.8 Å². The Morgan fingerprint density at radius 1 is 0.679 bits per heavy atom. The van der Waals surface area contributed by atoms with E-state index in [1.165, 1.54) is 14.2 Å². The van der Waals surface area contributed by atoms with Crippen LogP contribution in [-0.4, -0.2) is 98.1 Å². The van der Waals surface area contributed by atoms with Crippen LogP contribution in [0.1, 0.15) is 77.1 Å². The van der Waals surface area contributed by atoms with Crippen LogP contribution in [0.4, 0.5) is 9.59 Å². The summed E-state index contributed by atoms with van der Waals surface area (Å²) in [6.45, 7) is 8.76. The zero-order valence-corrected chi connectivity index (χ0v) is 32.6. The van der Waals surface area contributed by atoms with Gasteiger partial charge in [-0.25, -0.2) is 19.6 Å². The third kappa shape index (κ3) is 7.62. The summed E-state index contributed by atoms with van der Waals surface area (Å²) in [4.78, 5) is 76.3. The highest BCUT2D eigenvalue weighted by Crippen LogP contribution is 2.35. The van der Waals surface area contributed by atoms with Crippen molar-refractivity contribution in [2.45, 2.75) is 77.5 Å². The number of hydrogen-bond acceptors (Lipinski definition) is 9. The zero-order chi connectivity index (χ0) is 39.7. The summed E-state index contributed by atoms with van der Waals surface area (Å²) in [6.07, 6.45) is 3.80. The molecule has 2 aliphatic rings. The van der Waals surface area contributed by atoms with E-state index in [-0.39, 0.29) is 35.7 Å². The molecule has 294 valence electrons. The Morgan fingerprint density at radius 2 is 1.14 bits per heavy atom. The van der Waals surface area contributed by atoms with Crippen LogP contribution in [0.25, 0.3) is 44.5 Å². The maximum atomic E-state index is 13.6. The van der Waals surface area contributed by atoms with Gasteiger partial charge in [0.15, 0.2) is 0 Å². The minimum Gasteiger partial charge on any atom is -0.453 e. The van der Waals surface area contributed by atoms with E-state index in [1.54, 1.807) is 4.90 Å². The number of aromatic amines is 2. The highest BCUT2D eigenvalue weighted by Gasteiger charge is 2.39. The van der Waals surface area contributed by atoms with Gasteiger partial charge >= 0.3 is 12.2 Å². The molecule has 2 aliphatic heterocycles. The van der Waals surface area contributed by atoms with Gasteiger partial charge in [-0.2, -0.15) is 0 Å². The highest BCUT2D eigenvalue weighted by atomic mass is 16.5. The predicted molar refractivity (Wildman–Crippen MR) is 210 cm³/mol. The third-order valence-electron chi connectivity index (χ3n) is 10.9. The fraction of sp³-hybridized carbons (Fsp3) is 0.439. The molecule has 15 nitrogen and oxygen atoms in total. The maximum Gasteiger partial charge on any atom is 0.407 e. The van der Waals surface area contributed by atoms with Gasteiger partial charge < -0.3 is 39.9 Å². The van der Waals surface area contributed by atoms with Crippen molar-refractivity contribution in [1.29, 1.82) is 0 Å². The largest absolute Gasteiger partial charge is 0.453 e. The molecule has 2 aromatic carbocycles. The molecule has 4 N–H and O–H groups in total. The molecule has 3 aromatic heterocycles. The number of ether oxygens (including phenoxy) is 2. The molecule has 0 radical (unpaired) electrons. The first-order chi connectivity index (χ1) is 26.9. The Bertz CT molecular complexity index is 2090. The third-order valence-corrected chi connectivity index (χ3v) is 10.9. The average Bonchev–Trinajstić information content (AvgIpc) is 4.03. The fourth-order valence-corrected chi connectivity index (χ4v) is 7.83. The Labute approximate surface area is 324 Å². The van der Waals surface area contributed by atoms with E-state index >= 15 is 0 Å². The van der Waals surface area contributed by atoms with Crippen LogP contribution >= 0.6 is 0 Å². The van der Waals surface area contributed by atoms with Gasteiger partial charge in [0.05, 0.1) is 54.1 Å². The van der Waals surface area contributed by atoms with E-state index in [9.17, 15) is 19.2 Å². The molecule has 0 spiro atoms. The lowest BCUT2D eigenvalue weighted by Gasteiger charge is -2.29. The molecule has 0 bridgehead atoms. The van der Waals surface area contributed by atoms with E-state index in [2.05, 4.69) is 20.6 Å². The number of methoxy groups -OCH3 is 2. The topological polar surface area (TPSA) is 188 Å². The van der Waals surface area contributed by atoms with Gasteiger partial charge in [0.1, 0.15) is 23.7 Å². The Kier molecular flexibility index (Phi) is 10.9. The molecular weight excluding hydrogens is 715 g/mol. The van der Waals surface area contributed by atoms with E-state index in [1.807, 2.05) is 87.3 Å². The lowest BCUT2D eigenvalue weighted by atomic mass is 10.0. The molecule has 15 heteroatoms. The maximum absolute atomic E-state index is 13.6. The fourth-order valence-electron chi connectivity index (χ4n) is 7.83. The van der Waals surface area contributed by atoms with E-state index in [4.69, 9.17) is 24.4 Å². The van der Waals surface area contributed by atoms with Crippen LogP contribution in [0.5, 0.6) is 0 Å². The molecule has 0 aliphatic carbocycles. The van der Waals surface area contributed by atoms with Crippen molar-refractivity contribution >= 4 is 46.1 Å². The van der Waals surface area contributed by atoms with Gasteiger partial charge in [-0.15, -0.1) is 0 Å². The molecule has 0 saturated carbocycles. The number of nitrogens with zero attached hydrogens (tertiary/aromatic N) is 5. The van der Waals surface area contributed by atoms with Crippen molar-refractivity contribution in [3.63, 3.8) is 0 Å². The number of likely N-dealkylation sites (tertiary alicyclic amines) is 2. The molecule has 7 rings (SSSR count). The summed E-state index contributed by atoms with van der Waals surface area (Å²) < 4.78 is 9.53. The number of imidazole rings is 2. The number of hydrogen-bond donors (Lipinski definition) is 4. The number of rotatable bonds is 10. The second-order valence-corrected chi connectivity index (χ2v) is 15.2. The summed E-state index contributed by atoms with van der Waals surface area (Å²) in [5.41, 5.74) is 6.93. The van der Waals surface area contributed by atoms with Crippen LogP contribution in [0, 0.1) is 11.8 Å². The quantitative estimate of drug-likeness (QED) is 0.127. The monoisotopic (exact) mass is 763 g/mol. The summed E-state index contributed by atoms with van der Waals surface area (Å²) in [5, 5.41) is 5.40.